The molecule has 0 aliphatic rings. The highest BCUT2D eigenvalue weighted by Gasteiger charge is 2.08. The minimum absolute atomic E-state index is 0.0635. The normalized spacial score (nSPS) is 11.9. The van der Waals surface area contributed by atoms with Crippen LogP contribution in [0.15, 0.2) is 18.2 Å². The van der Waals surface area contributed by atoms with E-state index in [2.05, 4.69) is 17.6 Å². The molecule has 20 heavy (non-hydrogen) atoms. The fourth-order valence-corrected chi connectivity index (χ4v) is 2.42. The smallest absolute Gasteiger partial charge is 0.251 e. The lowest BCUT2D eigenvalue weighted by molar-refractivity contribution is 0.0953. The molecule has 2 N–H and O–H groups in total. The molecule has 1 unspecified atom stereocenters. The average molecular weight is 296 g/mol. The highest BCUT2D eigenvalue weighted by atomic mass is 32.2. The summed E-state index contributed by atoms with van der Waals surface area (Å²) in [5.74, 6) is 0.561. The Morgan fingerprint density at radius 3 is 2.65 bits per heavy atom. The van der Waals surface area contributed by atoms with Gasteiger partial charge in [0.15, 0.2) is 0 Å². The minimum Gasteiger partial charge on any atom is -0.385 e. The van der Waals surface area contributed by atoms with Crippen molar-refractivity contribution in [2.45, 2.75) is 26.7 Å². The molecule has 1 aromatic carbocycles. The lowest BCUT2D eigenvalue weighted by Crippen LogP contribution is -2.26. The Kier molecular flexibility index (Phi) is 7.30. The van der Waals surface area contributed by atoms with Gasteiger partial charge in [0.05, 0.1) is 0 Å². The summed E-state index contributed by atoms with van der Waals surface area (Å²) in [5.41, 5.74) is 2.70. The van der Waals surface area contributed by atoms with Crippen LogP contribution in [0.25, 0.3) is 0 Å². The van der Waals surface area contributed by atoms with Crippen molar-refractivity contribution in [3.05, 3.63) is 29.3 Å². The number of rotatable bonds is 8. The molecule has 1 aromatic rings. The summed E-state index contributed by atoms with van der Waals surface area (Å²) in [7, 11) is -0.795. The van der Waals surface area contributed by atoms with E-state index in [1.807, 2.05) is 25.1 Å². The van der Waals surface area contributed by atoms with E-state index < -0.39 is 10.8 Å². The van der Waals surface area contributed by atoms with E-state index in [0.29, 0.717) is 17.9 Å². The van der Waals surface area contributed by atoms with Crippen molar-refractivity contribution in [3.63, 3.8) is 0 Å². The van der Waals surface area contributed by atoms with Crippen LogP contribution in [-0.4, -0.2) is 35.2 Å². The molecular weight excluding hydrogens is 272 g/mol. The Morgan fingerprint density at radius 1 is 1.30 bits per heavy atom. The summed E-state index contributed by atoms with van der Waals surface area (Å²) in [6, 6.07) is 5.77. The Labute approximate surface area is 123 Å². The molecule has 0 heterocycles. The summed E-state index contributed by atoms with van der Waals surface area (Å²) in [6.45, 7) is 5.55. The van der Waals surface area contributed by atoms with Gasteiger partial charge in [-0.1, -0.05) is 6.92 Å². The Morgan fingerprint density at radius 2 is 2.05 bits per heavy atom. The number of hydrogen-bond acceptors (Lipinski definition) is 3. The van der Waals surface area contributed by atoms with Crippen molar-refractivity contribution in [1.29, 1.82) is 0 Å². The predicted octanol–water partition coefficient (Wildman–Crippen LogP) is 2.32. The Bertz CT molecular complexity index is 475. The van der Waals surface area contributed by atoms with Gasteiger partial charge in [-0.05, 0) is 43.5 Å². The van der Waals surface area contributed by atoms with Crippen LogP contribution >= 0.6 is 0 Å². The first kappa shape index (κ1) is 16.7. The standard InChI is InChI=1S/C15H24N2O2S/c1-4-8-16-13-6-7-14(12(2)11-13)15(18)17-9-5-10-20(3)19/h6-7,11,16H,4-5,8-10H2,1-3H3,(H,17,18). The zero-order valence-corrected chi connectivity index (χ0v) is 13.3. The minimum atomic E-state index is -0.795. The highest BCUT2D eigenvalue weighted by molar-refractivity contribution is 7.84. The maximum absolute atomic E-state index is 12.0. The van der Waals surface area contributed by atoms with Crippen LogP contribution in [0.3, 0.4) is 0 Å². The third-order valence-corrected chi connectivity index (χ3v) is 3.81. The quantitative estimate of drug-likeness (QED) is 0.724. The van der Waals surface area contributed by atoms with Gasteiger partial charge >= 0.3 is 0 Å². The fraction of sp³-hybridized carbons (Fsp3) is 0.533. The fourth-order valence-electron chi connectivity index (χ4n) is 1.87. The van der Waals surface area contributed by atoms with Gasteiger partial charge in [-0.25, -0.2) is 0 Å². The van der Waals surface area contributed by atoms with E-state index in [1.54, 1.807) is 6.26 Å². The van der Waals surface area contributed by atoms with E-state index in [4.69, 9.17) is 0 Å². The molecule has 0 spiro atoms. The first-order valence-electron chi connectivity index (χ1n) is 6.97. The second-order valence-electron chi connectivity index (χ2n) is 4.84. The molecular formula is C15H24N2O2S. The van der Waals surface area contributed by atoms with Gasteiger partial charge < -0.3 is 10.6 Å². The summed E-state index contributed by atoms with van der Waals surface area (Å²) in [6.07, 6.45) is 3.48. The first-order valence-corrected chi connectivity index (χ1v) is 8.70. The van der Waals surface area contributed by atoms with E-state index in [0.717, 1.165) is 30.6 Å². The molecule has 1 atom stereocenters. The number of benzene rings is 1. The number of nitrogens with one attached hydrogen (secondary N) is 2. The lowest BCUT2D eigenvalue weighted by atomic mass is 10.1. The molecule has 1 amide bonds. The number of carbonyl (C=O) groups excluding carboxylic acids is 1. The van der Waals surface area contributed by atoms with Crippen LogP contribution in [0.1, 0.15) is 35.7 Å². The van der Waals surface area contributed by atoms with E-state index in [9.17, 15) is 9.00 Å². The predicted molar refractivity (Wildman–Crippen MR) is 85.8 cm³/mol. The molecule has 0 saturated carbocycles. The molecule has 5 heteroatoms. The Balaban J connectivity index is 2.53. The van der Waals surface area contributed by atoms with Crippen LogP contribution in [0.2, 0.25) is 0 Å². The molecule has 0 aromatic heterocycles. The molecule has 0 radical (unpaired) electrons. The molecule has 0 aliphatic carbocycles. The molecule has 0 saturated heterocycles. The van der Waals surface area contributed by atoms with E-state index in [1.165, 1.54) is 0 Å². The third kappa shape index (κ3) is 5.74. The zero-order chi connectivity index (χ0) is 15.0. The molecule has 0 bridgehead atoms. The molecule has 4 nitrogen and oxygen atoms in total. The molecule has 0 fully saturated rings. The number of aryl methyl sites for hydroxylation is 1. The van der Waals surface area contributed by atoms with Gasteiger partial charge in [0.1, 0.15) is 0 Å². The number of amides is 1. The van der Waals surface area contributed by atoms with Gasteiger partial charge in [0.25, 0.3) is 5.91 Å². The maximum atomic E-state index is 12.0. The maximum Gasteiger partial charge on any atom is 0.251 e. The van der Waals surface area contributed by atoms with Gasteiger partial charge in [0.2, 0.25) is 0 Å². The van der Waals surface area contributed by atoms with Crippen molar-refractivity contribution in [1.82, 2.24) is 5.32 Å². The number of hydrogen-bond donors (Lipinski definition) is 2. The van der Waals surface area contributed by atoms with Crippen LogP contribution in [0.4, 0.5) is 5.69 Å². The van der Waals surface area contributed by atoms with Crippen molar-refractivity contribution >= 4 is 22.4 Å². The van der Waals surface area contributed by atoms with Gasteiger partial charge in [-0.15, -0.1) is 0 Å². The van der Waals surface area contributed by atoms with Gasteiger partial charge in [-0.2, -0.15) is 0 Å². The van der Waals surface area contributed by atoms with Crippen molar-refractivity contribution < 1.29 is 9.00 Å². The van der Waals surface area contributed by atoms with Gasteiger partial charge in [0, 0.05) is 47.1 Å². The largest absolute Gasteiger partial charge is 0.385 e. The van der Waals surface area contributed by atoms with E-state index in [-0.39, 0.29) is 5.91 Å². The summed E-state index contributed by atoms with van der Waals surface area (Å²) >= 11 is 0. The number of anilines is 1. The number of carbonyl (C=O) groups is 1. The molecule has 1 rings (SSSR count). The third-order valence-electron chi connectivity index (χ3n) is 2.94. The first-order chi connectivity index (χ1) is 9.54. The second-order valence-corrected chi connectivity index (χ2v) is 6.40. The van der Waals surface area contributed by atoms with Crippen LogP contribution in [0.5, 0.6) is 0 Å². The Hall–Kier alpha value is -1.36. The SMILES string of the molecule is CCCNc1ccc(C(=O)NCCCS(C)=O)c(C)c1. The topological polar surface area (TPSA) is 58.2 Å². The zero-order valence-electron chi connectivity index (χ0n) is 12.5. The summed E-state index contributed by atoms with van der Waals surface area (Å²) in [4.78, 5) is 12.0. The second kappa shape index (κ2) is 8.74. The molecule has 0 aliphatic heterocycles. The lowest BCUT2D eigenvalue weighted by Gasteiger charge is -2.10. The van der Waals surface area contributed by atoms with Crippen LogP contribution in [-0.2, 0) is 10.8 Å². The van der Waals surface area contributed by atoms with Crippen molar-refractivity contribution in [3.8, 4) is 0 Å². The van der Waals surface area contributed by atoms with Crippen molar-refractivity contribution in [2.24, 2.45) is 0 Å². The monoisotopic (exact) mass is 296 g/mol. The highest BCUT2D eigenvalue weighted by Crippen LogP contribution is 2.15. The van der Waals surface area contributed by atoms with Crippen LogP contribution < -0.4 is 10.6 Å². The molecule has 112 valence electrons. The average Bonchev–Trinajstić information content (AvgIpc) is 2.41. The van der Waals surface area contributed by atoms with Crippen LogP contribution in [0, 0.1) is 6.92 Å². The van der Waals surface area contributed by atoms with Crippen molar-refractivity contribution in [2.75, 3.05) is 30.4 Å². The van der Waals surface area contributed by atoms with Gasteiger partial charge in [-0.3, -0.25) is 9.00 Å². The van der Waals surface area contributed by atoms with E-state index >= 15 is 0 Å². The summed E-state index contributed by atoms with van der Waals surface area (Å²) in [5, 5.41) is 6.16. The summed E-state index contributed by atoms with van der Waals surface area (Å²) < 4.78 is 10.9.